The number of fused-ring (bicyclic) bond motifs is 1. The number of para-hydroxylation sites is 1. The van der Waals surface area contributed by atoms with Crippen molar-refractivity contribution in [1.82, 2.24) is 5.32 Å². The van der Waals surface area contributed by atoms with Crippen LogP contribution in [-0.2, 0) is 16.0 Å². The van der Waals surface area contributed by atoms with E-state index in [1.165, 1.54) is 0 Å². The van der Waals surface area contributed by atoms with Gasteiger partial charge >= 0.3 is 5.97 Å². The van der Waals surface area contributed by atoms with Gasteiger partial charge in [-0.05, 0) is 11.6 Å². The van der Waals surface area contributed by atoms with Crippen molar-refractivity contribution in [3.63, 3.8) is 0 Å². The van der Waals surface area contributed by atoms with Crippen molar-refractivity contribution in [1.29, 1.82) is 0 Å². The zero-order valence-electron chi connectivity index (χ0n) is 13.1. The Hall–Kier alpha value is -2.82. The second kappa shape index (κ2) is 7.17. The molecule has 5 heteroatoms. The van der Waals surface area contributed by atoms with Gasteiger partial charge in [0, 0.05) is 24.3 Å². The Balaban J connectivity index is 1.61. The Morgan fingerprint density at radius 2 is 1.83 bits per heavy atom. The molecule has 0 aromatic heterocycles. The molecule has 1 amide bonds. The van der Waals surface area contributed by atoms with Gasteiger partial charge in [-0.15, -0.1) is 0 Å². The molecule has 5 nitrogen and oxygen atoms in total. The maximum Gasteiger partial charge on any atom is 0.326 e. The molecular weight excluding hydrogens is 306 g/mol. The minimum Gasteiger partial charge on any atom is -0.493 e. The first-order valence-corrected chi connectivity index (χ1v) is 7.91. The number of amides is 1. The number of rotatable bonds is 6. The van der Waals surface area contributed by atoms with Crippen molar-refractivity contribution in [3.05, 3.63) is 65.7 Å². The van der Waals surface area contributed by atoms with Crippen molar-refractivity contribution < 1.29 is 19.4 Å². The summed E-state index contributed by atoms with van der Waals surface area (Å²) in [5.41, 5.74) is 1.88. The van der Waals surface area contributed by atoms with Crippen LogP contribution in [-0.4, -0.2) is 29.6 Å². The highest BCUT2D eigenvalue weighted by atomic mass is 16.5. The first-order valence-electron chi connectivity index (χ1n) is 7.91. The Morgan fingerprint density at radius 3 is 2.58 bits per heavy atom. The fourth-order valence-corrected chi connectivity index (χ4v) is 2.93. The summed E-state index contributed by atoms with van der Waals surface area (Å²) in [6, 6.07) is 16.0. The van der Waals surface area contributed by atoms with Gasteiger partial charge in [0.25, 0.3) is 0 Å². The molecule has 0 spiro atoms. The van der Waals surface area contributed by atoms with E-state index in [4.69, 9.17) is 4.74 Å². The van der Waals surface area contributed by atoms with Crippen molar-refractivity contribution in [2.24, 2.45) is 0 Å². The van der Waals surface area contributed by atoms with Gasteiger partial charge in [0.2, 0.25) is 5.91 Å². The summed E-state index contributed by atoms with van der Waals surface area (Å²) in [4.78, 5) is 23.7. The van der Waals surface area contributed by atoms with Crippen molar-refractivity contribution in [2.75, 3.05) is 6.61 Å². The third-order valence-corrected chi connectivity index (χ3v) is 4.15. The van der Waals surface area contributed by atoms with Gasteiger partial charge in [0.1, 0.15) is 11.8 Å². The Morgan fingerprint density at radius 1 is 1.12 bits per heavy atom. The molecule has 2 N–H and O–H groups in total. The van der Waals surface area contributed by atoms with Crippen LogP contribution in [0.25, 0.3) is 0 Å². The molecule has 1 heterocycles. The number of hydrogen-bond acceptors (Lipinski definition) is 3. The van der Waals surface area contributed by atoms with E-state index in [9.17, 15) is 14.7 Å². The summed E-state index contributed by atoms with van der Waals surface area (Å²) >= 11 is 0. The van der Waals surface area contributed by atoms with E-state index in [-0.39, 0.29) is 24.7 Å². The van der Waals surface area contributed by atoms with Crippen LogP contribution < -0.4 is 10.1 Å². The maximum absolute atomic E-state index is 12.3. The molecule has 0 saturated heterocycles. The van der Waals surface area contributed by atoms with Gasteiger partial charge in [-0.3, -0.25) is 4.79 Å². The van der Waals surface area contributed by atoms with E-state index in [0.29, 0.717) is 6.61 Å². The lowest BCUT2D eigenvalue weighted by Crippen LogP contribution is -2.42. The minimum absolute atomic E-state index is 0.0348. The number of nitrogens with one attached hydrogen (secondary N) is 1. The minimum atomic E-state index is -1.03. The summed E-state index contributed by atoms with van der Waals surface area (Å²) in [5, 5.41) is 12.0. The van der Waals surface area contributed by atoms with E-state index < -0.39 is 12.0 Å². The predicted octanol–water partition coefficient (Wildman–Crippen LogP) is 2.36. The van der Waals surface area contributed by atoms with Gasteiger partial charge in [-0.25, -0.2) is 4.79 Å². The molecule has 3 rings (SSSR count). The Bertz CT molecular complexity index is 729. The van der Waals surface area contributed by atoms with E-state index in [2.05, 4.69) is 5.32 Å². The zero-order valence-corrected chi connectivity index (χ0v) is 13.1. The average Bonchev–Trinajstić information content (AvgIpc) is 2.98. The summed E-state index contributed by atoms with van der Waals surface area (Å²) in [6.07, 6.45) is 0.481. The first kappa shape index (κ1) is 16.1. The quantitative estimate of drug-likeness (QED) is 0.855. The van der Waals surface area contributed by atoms with E-state index in [1.807, 2.05) is 54.6 Å². The highest BCUT2D eigenvalue weighted by Gasteiger charge is 2.28. The molecule has 1 aliphatic heterocycles. The van der Waals surface area contributed by atoms with Crippen LogP contribution in [0.15, 0.2) is 54.6 Å². The number of carboxylic acid groups (broad SMARTS) is 1. The molecule has 0 aliphatic carbocycles. The Labute approximate surface area is 140 Å². The van der Waals surface area contributed by atoms with E-state index in [0.717, 1.165) is 16.9 Å². The number of carboxylic acids is 1. The second-order valence-corrected chi connectivity index (χ2v) is 5.90. The Kier molecular flexibility index (Phi) is 4.79. The lowest BCUT2D eigenvalue weighted by atomic mass is 9.97. The average molecular weight is 325 g/mol. The molecular formula is C19H19NO4. The van der Waals surface area contributed by atoms with E-state index >= 15 is 0 Å². The molecule has 0 fully saturated rings. The second-order valence-electron chi connectivity index (χ2n) is 5.90. The highest BCUT2D eigenvalue weighted by Crippen LogP contribution is 2.35. The number of benzene rings is 2. The lowest BCUT2D eigenvalue weighted by Gasteiger charge is -2.16. The van der Waals surface area contributed by atoms with Crippen LogP contribution in [0.5, 0.6) is 5.75 Å². The molecule has 0 saturated carbocycles. The summed E-state index contributed by atoms with van der Waals surface area (Å²) in [5.74, 6) is -0.541. The number of ether oxygens (including phenoxy) is 1. The van der Waals surface area contributed by atoms with Gasteiger partial charge < -0.3 is 15.2 Å². The highest BCUT2D eigenvalue weighted by molar-refractivity contribution is 5.84. The third kappa shape index (κ3) is 3.74. The molecule has 2 aromatic carbocycles. The molecule has 2 atom stereocenters. The fraction of sp³-hybridized carbons (Fsp3) is 0.263. The topological polar surface area (TPSA) is 75.6 Å². The SMILES string of the molecule is O=C(CC1COc2ccccc21)N[C@@H](Cc1ccccc1)C(=O)O. The summed E-state index contributed by atoms with van der Waals surface area (Å²) < 4.78 is 5.56. The molecule has 0 radical (unpaired) electrons. The smallest absolute Gasteiger partial charge is 0.326 e. The predicted molar refractivity (Wildman–Crippen MR) is 89.0 cm³/mol. The molecule has 124 valence electrons. The standard InChI is InChI=1S/C19H19NO4/c21-18(11-14-12-24-17-9-5-4-8-15(14)17)20-16(19(22)23)10-13-6-2-1-3-7-13/h1-9,14,16H,10-12H2,(H,20,21)(H,22,23)/t14?,16-/m0/s1. The van der Waals surface area contributed by atoms with Crippen molar-refractivity contribution >= 4 is 11.9 Å². The van der Waals surface area contributed by atoms with Gasteiger partial charge in [0.05, 0.1) is 6.61 Å². The molecule has 1 aliphatic rings. The van der Waals surface area contributed by atoms with Gasteiger partial charge in [0.15, 0.2) is 0 Å². The summed E-state index contributed by atoms with van der Waals surface area (Å²) in [7, 11) is 0. The van der Waals surface area contributed by atoms with Crippen LogP contribution in [0.4, 0.5) is 0 Å². The monoisotopic (exact) mass is 325 g/mol. The number of carbonyl (C=O) groups excluding carboxylic acids is 1. The zero-order chi connectivity index (χ0) is 16.9. The molecule has 2 aromatic rings. The maximum atomic E-state index is 12.3. The van der Waals surface area contributed by atoms with E-state index in [1.54, 1.807) is 0 Å². The lowest BCUT2D eigenvalue weighted by molar-refractivity contribution is -0.141. The first-order chi connectivity index (χ1) is 11.6. The van der Waals surface area contributed by atoms with Gasteiger partial charge in [-0.2, -0.15) is 0 Å². The van der Waals surface area contributed by atoms with Crippen molar-refractivity contribution in [2.45, 2.75) is 24.8 Å². The normalized spacial score (nSPS) is 16.8. The van der Waals surface area contributed by atoms with Crippen LogP contribution in [0.2, 0.25) is 0 Å². The largest absolute Gasteiger partial charge is 0.493 e. The molecule has 1 unspecified atom stereocenters. The third-order valence-electron chi connectivity index (χ3n) is 4.15. The van der Waals surface area contributed by atoms with Crippen LogP contribution in [0, 0.1) is 0 Å². The number of carbonyl (C=O) groups is 2. The number of aliphatic carboxylic acids is 1. The van der Waals surface area contributed by atoms with Gasteiger partial charge in [-0.1, -0.05) is 48.5 Å². The number of hydrogen-bond donors (Lipinski definition) is 2. The van der Waals surface area contributed by atoms with Crippen LogP contribution >= 0.6 is 0 Å². The molecule has 0 bridgehead atoms. The molecule has 24 heavy (non-hydrogen) atoms. The summed E-state index contributed by atoms with van der Waals surface area (Å²) in [6.45, 7) is 0.448. The van der Waals surface area contributed by atoms with Crippen LogP contribution in [0.1, 0.15) is 23.5 Å². The van der Waals surface area contributed by atoms with Crippen LogP contribution in [0.3, 0.4) is 0 Å². The fourth-order valence-electron chi connectivity index (χ4n) is 2.93. The van der Waals surface area contributed by atoms with Crippen molar-refractivity contribution in [3.8, 4) is 5.75 Å².